The molecule has 6 nitrogen and oxygen atoms in total. The Balaban J connectivity index is 1.74. The number of carbonyl (C=O) groups excluding carboxylic acids is 3. The average molecular weight is 390 g/mol. The van der Waals surface area contributed by atoms with Gasteiger partial charge >= 0.3 is 6.03 Å². The Hall–Kier alpha value is -2.93. The van der Waals surface area contributed by atoms with Gasteiger partial charge in [-0.1, -0.05) is 25.4 Å². The summed E-state index contributed by atoms with van der Waals surface area (Å²) >= 11 is 5.68. The molecule has 0 saturated carbocycles. The summed E-state index contributed by atoms with van der Waals surface area (Å²) in [5.41, 5.74) is 1.24. The number of fused-ring (bicyclic) bond motifs is 1. The standard InChI is InChI=1S/C19H17ClFN3O3/c1-10(2)9-24-17(25)13-5-3-11(7-14(13)18(24)26)22-19(27)23-12-4-6-16(21)15(20)8-12/h3-8,10H,9H2,1-2H3,(H2,22,23,27). The number of anilines is 2. The Kier molecular flexibility index (Phi) is 5.14. The number of benzene rings is 2. The van der Waals surface area contributed by atoms with E-state index in [1.165, 1.54) is 29.2 Å². The van der Waals surface area contributed by atoms with E-state index in [2.05, 4.69) is 10.6 Å². The first kappa shape index (κ1) is 18.8. The molecule has 2 N–H and O–H groups in total. The molecule has 0 bridgehead atoms. The lowest BCUT2D eigenvalue weighted by Crippen LogP contribution is -2.33. The number of rotatable bonds is 4. The van der Waals surface area contributed by atoms with Crippen LogP contribution in [0.15, 0.2) is 36.4 Å². The number of urea groups is 1. The summed E-state index contributed by atoms with van der Waals surface area (Å²) in [6.07, 6.45) is 0. The van der Waals surface area contributed by atoms with Crippen LogP contribution in [-0.2, 0) is 0 Å². The predicted octanol–water partition coefficient (Wildman–Crippen LogP) is 4.38. The Morgan fingerprint density at radius 3 is 2.26 bits per heavy atom. The zero-order valence-electron chi connectivity index (χ0n) is 14.7. The van der Waals surface area contributed by atoms with Crippen molar-refractivity contribution in [2.24, 2.45) is 5.92 Å². The van der Waals surface area contributed by atoms with E-state index in [4.69, 9.17) is 11.6 Å². The molecule has 1 aliphatic rings. The van der Waals surface area contributed by atoms with Gasteiger partial charge in [0.25, 0.3) is 11.8 Å². The van der Waals surface area contributed by atoms with Crippen LogP contribution < -0.4 is 10.6 Å². The van der Waals surface area contributed by atoms with Gasteiger partial charge in [0.2, 0.25) is 0 Å². The fraction of sp³-hybridized carbons (Fsp3) is 0.211. The third-order valence-corrected chi connectivity index (χ3v) is 4.24. The van der Waals surface area contributed by atoms with Crippen molar-refractivity contribution in [2.45, 2.75) is 13.8 Å². The quantitative estimate of drug-likeness (QED) is 0.762. The molecule has 27 heavy (non-hydrogen) atoms. The van der Waals surface area contributed by atoms with Gasteiger partial charge in [0, 0.05) is 17.9 Å². The van der Waals surface area contributed by atoms with Gasteiger partial charge in [-0.3, -0.25) is 14.5 Å². The summed E-state index contributed by atoms with van der Waals surface area (Å²) in [5, 5.41) is 4.98. The van der Waals surface area contributed by atoms with Crippen molar-refractivity contribution in [3.8, 4) is 0 Å². The van der Waals surface area contributed by atoms with Crippen LogP contribution in [0.2, 0.25) is 5.02 Å². The van der Waals surface area contributed by atoms with Crippen molar-refractivity contribution >= 4 is 40.8 Å². The van der Waals surface area contributed by atoms with Crippen LogP contribution in [0.3, 0.4) is 0 Å². The van der Waals surface area contributed by atoms with Crippen LogP contribution in [0.25, 0.3) is 0 Å². The summed E-state index contributed by atoms with van der Waals surface area (Å²) in [7, 11) is 0. The zero-order chi connectivity index (χ0) is 19.7. The van der Waals surface area contributed by atoms with E-state index in [0.29, 0.717) is 23.5 Å². The maximum absolute atomic E-state index is 13.2. The number of halogens is 2. The lowest BCUT2D eigenvalue weighted by atomic mass is 10.1. The molecule has 0 fully saturated rings. The normalized spacial score (nSPS) is 13.1. The van der Waals surface area contributed by atoms with Crippen molar-refractivity contribution in [2.75, 3.05) is 17.2 Å². The molecule has 0 aliphatic carbocycles. The minimum Gasteiger partial charge on any atom is -0.308 e. The molecule has 0 saturated heterocycles. The number of hydrogen-bond donors (Lipinski definition) is 2. The Morgan fingerprint density at radius 1 is 1.04 bits per heavy atom. The van der Waals surface area contributed by atoms with Crippen molar-refractivity contribution in [1.29, 1.82) is 0 Å². The number of imide groups is 1. The Labute approximate surface area is 160 Å². The first-order chi connectivity index (χ1) is 12.8. The predicted molar refractivity (Wildman–Crippen MR) is 101 cm³/mol. The highest BCUT2D eigenvalue weighted by Gasteiger charge is 2.35. The molecular formula is C19H17ClFN3O3. The first-order valence-electron chi connectivity index (χ1n) is 8.29. The number of amides is 4. The van der Waals surface area contributed by atoms with Gasteiger partial charge in [-0.05, 0) is 42.3 Å². The maximum atomic E-state index is 13.2. The van der Waals surface area contributed by atoms with Gasteiger partial charge in [0.05, 0.1) is 16.1 Å². The van der Waals surface area contributed by atoms with Gasteiger partial charge in [0.15, 0.2) is 0 Å². The van der Waals surface area contributed by atoms with E-state index < -0.39 is 11.8 Å². The number of nitrogens with one attached hydrogen (secondary N) is 2. The molecule has 0 radical (unpaired) electrons. The average Bonchev–Trinajstić information content (AvgIpc) is 2.82. The summed E-state index contributed by atoms with van der Waals surface area (Å²) in [6, 6.07) is 7.73. The topological polar surface area (TPSA) is 78.5 Å². The SMILES string of the molecule is CC(C)CN1C(=O)c2ccc(NC(=O)Nc3ccc(F)c(Cl)c3)cc2C1=O. The monoisotopic (exact) mass is 389 g/mol. The minimum absolute atomic E-state index is 0.111. The summed E-state index contributed by atoms with van der Waals surface area (Å²) in [6.45, 7) is 4.17. The zero-order valence-corrected chi connectivity index (χ0v) is 15.4. The molecule has 3 rings (SSSR count). The molecule has 0 spiro atoms. The fourth-order valence-corrected chi connectivity index (χ4v) is 2.95. The largest absolute Gasteiger partial charge is 0.323 e. The second kappa shape index (κ2) is 7.36. The van der Waals surface area contributed by atoms with Crippen LogP contribution in [0, 0.1) is 11.7 Å². The second-order valence-electron chi connectivity index (χ2n) is 6.58. The lowest BCUT2D eigenvalue weighted by Gasteiger charge is -2.15. The molecule has 8 heteroatoms. The maximum Gasteiger partial charge on any atom is 0.323 e. The summed E-state index contributed by atoms with van der Waals surface area (Å²) in [4.78, 5) is 38.1. The molecule has 0 unspecified atom stereocenters. The lowest BCUT2D eigenvalue weighted by molar-refractivity contribution is 0.0636. The van der Waals surface area contributed by atoms with Crippen molar-refractivity contribution < 1.29 is 18.8 Å². The van der Waals surface area contributed by atoms with E-state index in [1.807, 2.05) is 13.8 Å². The third-order valence-electron chi connectivity index (χ3n) is 3.95. The van der Waals surface area contributed by atoms with Crippen molar-refractivity contribution in [3.05, 3.63) is 58.4 Å². The van der Waals surface area contributed by atoms with E-state index >= 15 is 0 Å². The first-order valence-corrected chi connectivity index (χ1v) is 8.67. The number of carbonyl (C=O) groups is 3. The third kappa shape index (κ3) is 3.93. The molecule has 2 aromatic rings. The van der Waals surface area contributed by atoms with Gasteiger partial charge in [-0.15, -0.1) is 0 Å². The molecule has 1 heterocycles. The van der Waals surface area contributed by atoms with E-state index in [9.17, 15) is 18.8 Å². The number of nitrogens with zero attached hydrogens (tertiary/aromatic N) is 1. The van der Waals surface area contributed by atoms with Crippen LogP contribution in [0.4, 0.5) is 20.6 Å². The minimum atomic E-state index is -0.589. The van der Waals surface area contributed by atoms with E-state index in [0.717, 1.165) is 6.07 Å². The van der Waals surface area contributed by atoms with Crippen LogP contribution in [0.5, 0.6) is 0 Å². The van der Waals surface area contributed by atoms with Crippen LogP contribution in [-0.4, -0.2) is 29.3 Å². The highest BCUT2D eigenvalue weighted by atomic mass is 35.5. The van der Waals surface area contributed by atoms with Crippen LogP contribution >= 0.6 is 11.6 Å². The molecule has 4 amide bonds. The summed E-state index contributed by atoms with van der Waals surface area (Å²) in [5.74, 6) is -1.15. The Morgan fingerprint density at radius 2 is 1.63 bits per heavy atom. The molecule has 140 valence electrons. The van der Waals surface area contributed by atoms with Gasteiger partial charge in [-0.2, -0.15) is 0 Å². The molecular weight excluding hydrogens is 373 g/mol. The second-order valence-corrected chi connectivity index (χ2v) is 6.99. The van der Waals surface area contributed by atoms with Gasteiger partial charge in [0.1, 0.15) is 5.82 Å². The highest BCUT2D eigenvalue weighted by Crippen LogP contribution is 2.27. The van der Waals surface area contributed by atoms with Crippen molar-refractivity contribution in [3.63, 3.8) is 0 Å². The fourth-order valence-electron chi connectivity index (χ4n) is 2.77. The molecule has 0 atom stereocenters. The summed E-state index contributed by atoms with van der Waals surface area (Å²) < 4.78 is 13.2. The van der Waals surface area contributed by atoms with Gasteiger partial charge in [-0.25, -0.2) is 9.18 Å². The van der Waals surface area contributed by atoms with Crippen molar-refractivity contribution in [1.82, 2.24) is 4.90 Å². The smallest absolute Gasteiger partial charge is 0.308 e. The van der Waals surface area contributed by atoms with E-state index in [-0.39, 0.29) is 28.3 Å². The Bertz CT molecular complexity index is 946. The van der Waals surface area contributed by atoms with Crippen LogP contribution in [0.1, 0.15) is 34.6 Å². The number of hydrogen-bond acceptors (Lipinski definition) is 3. The highest BCUT2D eigenvalue weighted by molar-refractivity contribution is 6.31. The molecule has 0 aromatic heterocycles. The molecule has 2 aromatic carbocycles. The van der Waals surface area contributed by atoms with Gasteiger partial charge < -0.3 is 10.6 Å². The molecule has 1 aliphatic heterocycles. The van der Waals surface area contributed by atoms with E-state index in [1.54, 1.807) is 6.07 Å².